The molecule has 0 bridgehead atoms. The molecule has 0 amide bonds. The largest absolute Gasteiger partial charge is 0.161 e. The molecule has 1 heteroatoms. The standard InChI is InChI=1S/C18H36S/c1-7-8-16-10-9-15(5)18(19-6)17(13(2)3)12-14(4)11-16/h13-18H,7-12H2,1-6H3. The molecule has 1 rings (SSSR count). The summed E-state index contributed by atoms with van der Waals surface area (Å²) >= 11 is 2.14. The van der Waals surface area contributed by atoms with Crippen molar-refractivity contribution in [1.82, 2.24) is 0 Å². The molecule has 0 heterocycles. The van der Waals surface area contributed by atoms with Crippen molar-refractivity contribution in [2.24, 2.45) is 29.6 Å². The van der Waals surface area contributed by atoms with Gasteiger partial charge in [0.05, 0.1) is 0 Å². The predicted molar refractivity (Wildman–Crippen MR) is 90.8 cm³/mol. The van der Waals surface area contributed by atoms with Crippen LogP contribution in [0.2, 0.25) is 0 Å². The number of hydrogen-bond acceptors (Lipinski definition) is 1. The van der Waals surface area contributed by atoms with Crippen LogP contribution in [-0.2, 0) is 0 Å². The zero-order valence-electron chi connectivity index (χ0n) is 14.1. The smallest absolute Gasteiger partial charge is 0.0101 e. The Bertz CT molecular complexity index is 236. The summed E-state index contributed by atoms with van der Waals surface area (Å²) < 4.78 is 0. The molecule has 0 aromatic carbocycles. The Morgan fingerprint density at radius 3 is 2.32 bits per heavy atom. The van der Waals surface area contributed by atoms with Gasteiger partial charge in [-0.2, -0.15) is 11.8 Å². The topological polar surface area (TPSA) is 0 Å². The Morgan fingerprint density at radius 1 is 1.11 bits per heavy atom. The van der Waals surface area contributed by atoms with Gasteiger partial charge in [0.2, 0.25) is 0 Å². The molecule has 1 aliphatic rings. The molecule has 0 aromatic rings. The summed E-state index contributed by atoms with van der Waals surface area (Å²) in [6.45, 7) is 12.2. The normalized spacial score (nSPS) is 37.7. The van der Waals surface area contributed by atoms with Crippen LogP contribution >= 0.6 is 11.8 Å². The first-order valence-electron chi connectivity index (χ1n) is 8.52. The molecule has 0 radical (unpaired) electrons. The summed E-state index contributed by atoms with van der Waals surface area (Å²) in [5.74, 6) is 4.57. The minimum atomic E-state index is 0.838. The number of rotatable bonds is 4. The second-order valence-electron chi connectivity index (χ2n) is 7.39. The second-order valence-corrected chi connectivity index (χ2v) is 8.41. The minimum Gasteiger partial charge on any atom is -0.161 e. The van der Waals surface area contributed by atoms with Crippen molar-refractivity contribution >= 4 is 11.8 Å². The average Bonchev–Trinajstić information content (AvgIpc) is 2.40. The van der Waals surface area contributed by atoms with Gasteiger partial charge in [-0.1, -0.05) is 53.9 Å². The van der Waals surface area contributed by atoms with Gasteiger partial charge >= 0.3 is 0 Å². The number of thioether (sulfide) groups is 1. The van der Waals surface area contributed by atoms with Crippen molar-refractivity contribution in [3.63, 3.8) is 0 Å². The van der Waals surface area contributed by atoms with Gasteiger partial charge in [-0.3, -0.25) is 0 Å². The first-order chi connectivity index (χ1) is 8.99. The monoisotopic (exact) mass is 284 g/mol. The lowest BCUT2D eigenvalue weighted by Crippen LogP contribution is -2.29. The zero-order valence-corrected chi connectivity index (χ0v) is 14.9. The summed E-state index contributed by atoms with van der Waals surface area (Å²) in [6.07, 6.45) is 11.0. The Kier molecular flexibility index (Phi) is 7.87. The Hall–Kier alpha value is 0.350. The summed E-state index contributed by atoms with van der Waals surface area (Å²) in [6, 6.07) is 0. The predicted octanol–water partition coefficient (Wildman–Crippen LogP) is 6.25. The zero-order chi connectivity index (χ0) is 14.4. The summed E-state index contributed by atoms with van der Waals surface area (Å²) in [5.41, 5.74) is 0. The van der Waals surface area contributed by atoms with Crippen LogP contribution in [0.15, 0.2) is 0 Å². The van der Waals surface area contributed by atoms with E-state index in [1.807, 2.05) is 0 Å². The van der Waals surface area contributed by atoms with Gasteiger partial charge < -0.3 is 0 Å². The molecule has 1 aliphatic carbocycles. The van der Waals surface area contributed by atoms with Crippen molar-refractivity contribution in [2.75, 3.05) is 6.26 Å². The van der Waals surface area contributed by atoms with E-state index in [0.717, 1.165) is 34.8 Å². The molecule has 1 fully saturated rings. The molecular formula is C18H36S. The molecule has 1 saturated carbocycles. The van der Waals surface area contributed by atoms with Crippen LogP contribution < -0.4 is 0 Å². The maximum absolute atomic E-state index is 2.51. The van der Waals surface area contributed by atoms with Gasteiger partial charge in [-0.15, -0.1) is 0 Å². The summed E-state index contributed by atoms with van der Waals surface area (Å²) in [7, 11) is 0. The van der Waals surface area contributed by atoms with E-state index >= 15 is 0 Å². The average molecular weight is 285 g/mol. The Morgan fingerprint density at radius 2 is 1.79 bits per heavy atom. The molecule has 0 aliphatic heterocycles. The van der Waals surface area contributed by atoms with Gasteiger partial charge in [0.25, 0.3) is 0 Å². The third-order valence-electron chi connectivity index (χ3n) is 5.25. The molecule has 0 nitrogen and oxygen atoms in total. The molecule has 0 spiro atoms. The molecule has 0 N–H and O–H groups in total. The fourth-order valence-corrected chi connectivity index (χ4v) is 5.57. The Balaban J connectivity index is 2.80. The van der Waals surface area contributed by atoms with Gasteiger partial charge in [-0.05, 0) is 55.1 Å². The van der Waals surface area contributed by atoms with Gasteiger partial charge in [-0.25, -0.2) is 0 Å². The van der Waals surface area contributed by atoms with Crippen molar-refractivity contribution in [2.45, 2.75) is 78.4 Å². The van der Waals surface area contributed by atoms with E-state index in [1.165, 1.54) is 38.5 Å². The molecule has 19 heavy (non-hydrogen) atoms. The molecule has 5 atom stereocenters. The van der Waals surface area contributed by atoms with Crippen molar-refractivity contribution in [1.29, 1.82) is 0 Å². The van der Waals surface area contributed by atoms with Gasteiger partial charge in [0.15, 0.2) is 0 Å². The molecule has 114 valence electrons. The van der Waals surface area contributed by atoms with Crippen LogP contribution in [0, 0.1) is 29.6 Å². The first-order valence-corrected chi connectivity index (χ1v) is 9.81. The van der Waals surface area contributed by atoms with Crippen LogP contribution in [0.5, 0.6) is 0 Å². The lowest BCUT2D eigenvalue weighted by molar-refractivity contribution is 0.260. The summed E-state index contributed by atoms with van der Waals surface area (Å²) in [5, 5.41) is 0.878. The van der Waals surface area contributed by atoms with Crippen molar-refractivity contribution < 1.29 is 0 Å². The van der Waals surface area contributed by atoms with Gasteiger partial charge in [0.1, 0.15) is 0 Å². The molecular weight excluding hydrogens is 248 g/mol. The van der Waals surface area contributed by atoms with E-state index in [4.69, 9.17) is 0 Å². The highest BCUT2D eigenvalue weighted by Gasteiger charge is 2.32. The first kappa shape index (κ1) is 17.4. The fourth-order valence-electron chi connectivity index (χ4n) is 4.20. The molecule has 0 aromatic heterocycles. The van der Waals surface area contributed by atoms with Gasteiger partial charge in [0, 0.05) is 5.25 Å². The maximum Gasteiger partial charge on any atom is 0.0101 e. The van der Waals surface area contributed by atoms with Crippen LogP contribution in [0.1, 0.15) is 73.1 Å². The van der Waals surface area contributed by atoms with Crippen molar-refractivity contribution in [3.05, 3.63) is 0 Å². The van der Waals surface area contributed by atoms with E-state index in [1.54, 1.807) is 0 Å². The van der Waals surface area contributed by atoms with Crippen molar-refractivity contribution in [3.8, 4) is 0 Å². The van der Waals surface area contributed by atoms with E-state index in [2.05, 4.69) is 52.6 Å². The maximum atomic E-state index is 2.51. The quantitative estimate of drug-likeness (QED) is 0.587. The highest BCUT2D eigenvalue weighted by Crippen LogP contribution is 2.40. The summed E-state index contributed by atoms with van der Waals surface area (Å²) in [4.78, 5) is 0. The fraction of sp³-hybridized carbons (Fsp3) is 1.00. The van der Waals surface area contributed by atoms with Crippen LogP contribution in [0.25, 0.3) is 0 Å². The Labute approximate surface area is 126 Å². The van der Waals surface area contributed by atoms with Crippen LogP contribution in [0.4, 0.5) is 0 Å². The number of hydrogen-bond donors (Lipinski definition) is 0. The van der Waals surface area contributed by atoms with E-state index in [-0.39, 0.29) is 0 Å². The van der Waals surface area contributed by atoms with E-state index in [9.17, 15) is 0 Å². The SMILES string of the molecule is CCCC1CCC(C)C(SC)C(C(C)C)CC(C)C1. The van der Waals surface area contributed by atoms with Crippen LogP contribution in [-0.4, -0.2) is 11.5 Å². The van der Waals surface area contributed by atoms with E-state index in [0.29, 0.717) is 0 Å². The third-order valence-corrected chi connectivity index (χ3v) is 6.61. The lowest BCUT2D eigenvalue weighted by atomic mass is 9.80. The van der Waals surface area contributed by atoms with E-state index < -0.39 is 0 Å². The second kappa shape index (κ2) is 8.60. The highest BCUT2D eigenvalue weighted by molar-refractivity contribution is 7.99. The highest BCUT2D eigenvalue weighted by atomic mass is 32.2. The lowest BCUT2D eigenvalue weighted by Gasteiger charge is -2.34. The molecule has 5 unspecified atom stereocenters. The molecule has 0 saturated heterocycles. The third kappa shape index (κ3) is 5.33. The van der Waals surface area contributed by atoms with Crippen LogP contribution in [0.3, 0.4) is 0 Å². The minimum absolute atomic E-state index is 0.838.